The standard InChI is InChI=1S/C48H90NO9P/c1-6-8-10-12-14-15-16-17-18-19-20-21-22-23-24-25-27-31-35-39-47(51)55-43-46(44-57-59(53,54)56-42-41-49(3,4)5)58-48(52)40-36-32-28-30-34-38-45(50)37-33-29-26-13-11-9-7-2/h26,29,33,37,46H,6-25,27-28,30-32,34-36,38-44H2,1-5H3/b29-26-,37-33+/t46-/m1/s1. The molecule has 346 valence electrons. The number of hydrogen-bond donors (Lipinski definition) is 0. The molecule has 0 aromatic rings. The number of esters is 2. The highest BCUT2D eigenvalue weighted by Gasteiger charge is 2.21. The van der Waals surface area contributed by atoms with Crippen LogP contribution in [0, 0.1) is 0 Å². The fourth-order valence-electron chi connectivity index (χ4n) is 6.64. The fraction of sp³-hybridized carbons (Fsp3) is 0.854. The average Bonchev–Trinajstić information content (AvgIpc) is 3.18. The van der Waals surface area contributed by atoms with Gasteiger partial charge in [0.1, 0.15) is 19.8 Å². The van der Waals surface area contributed by atoms with Crippen molar-refractivity contribution >= 4 is 25.5 Å². The maximum atomic E-state index is 12.7. The molecule has 11 heteroatoms. The number of phosphoric acid groups is 1. The van der Waals surface area contributed by atoms with E-state index in [1.165, 1.54) is 122 Å². The molecular formula is C48H90NO9P. The summed E-state index contributed by atoms with van der Waals surface area (Å²) in [7, 11) is 1.10. The largest absolute Gasteiger partial charge is 0.756 e. The Balaban J connectivity index is 4.33. The minimum Gasteiger partial charge on any atom is -0.756 e. The van der Waals surface area contributed by atoms with E-state index >= 15 is 0 Å². The van der Waals surface area contributed by atoms with Gasteiger partial charge in [-0.3, -0.25) is 18.9 Å². The van der Waals surface area contributed by atoms with Gasteiger partial charge in [-0.05, 0) is 38.2 Å². The van der Waals surface area contributed by atoms with Gasteiger partial charge in [-0.1, -0.05) is 180 Å². The van der Waals surface area contributed by atoms with Crippen LogP contribution < -0.4 is 4.89 Å². The Labute approximate surface area is 362 Å². The van der Waals surface area contributed by atoms with Crippen LogP contribution in [0.1, 0.15) is 213 Å². The van der Waals surface area contributed by atoms with Crippen LogP contribution in [-0.2, 0) is 37.5 Å². The molecule has 0 bridgehead atoms. The number of phosphoric ester groups is 1. The molecule has 0 saturated carbocycles. The second-order valence-electron chi connectivity index (χ2n) is 17.5. The molecule has 0 heterocycles. The topological polar surface area (TPSA) is 128 Å². The summed E-state index contributed by atoms with van der Waals surface area (Å²) < 4.78 is 33.9. The lowest BCUT2D eigenvalue weighted by atomic mass is 10.0. The van der Waals surface area contributed by atoms with Crippen LogP contribution in [0.15, 0.2) is 24.3 Å². The third kappa shape index (κ3) is 44.0. The van der Waals surface area contributed by atoms with Gasteiger partial charge >= 0.3 is 11.9 Å². The summed E-state index contributed by atoms with van der Waals surface area (Å²) >= 11 is 0. The highest BCUT2D eigenvalue weighted by Crippen LogP contribution is 2.38. The quantitative estimate of drug-likeness (QED) is 0.0147. The predicted molar refractivity (Wildman–Crippen MR) is 241 cm³/mol. The molecule has 0 rings (SSSR count). The summed E-state index contributed by atoms with van der Waals surface area (Å²) in [6.45, 7) is 4.06. The van der Waals surface area contributed by atoms with E-state index in [4.69, 9.17) is 18.5 Å². The third-order valence-corrected chi connectivity index (χ3v) is 11.4. The van der Waals surface area contributed by atoms with Crippen LogP contribution in [0.4, 0.5) is 0 Å². The summed E-state index contributed by atoms with van der Waals surface area (Å²) in [5.74, 6) is -0.800. The monoisotopic (exact) mass is 856 g/mol. The summed E-state index contributed by atoms with van der Waals surface area (Å²) in [4.78, 5) is 49.7. The summed E-state index contributed by atoms with van der Waals surface area (Å²) in [6, 6.07) is 0. The number of ether oxygens (including phenoxy) is 2. The van der Waals surface area contributed by atoms with Crippen LogP contribution >= 0.6 is 7.82 Å². The first-order chi connectivity index (χ1) is 28.4. The predicted octanol–water partition coefficient (Wildman–Crippen LogP) is 12.5. The van der Waals surface area contributed by atoms with E-state index in [-0.39, 0.29) is 31.8 Å². The number of nitrogens with zero attached hydrogens (tertiary/aromatic N) is 1. The van der Waals surface area contributed by atoms with Crippen molar-refractivity contribution in [2.45, 2.75) is 219 Å². The number of carbonyl (C=O) groups is 3. The van der Waals surface area contributed by atoms with Gasteiger partial charge in [0, 0.05) is 19.3 Å². The number of quaternary nitrogens is 1. The Bertz CT molecular complexity index is 1120. The average molecular weight is 856 g/mol. The van der Waals surface area contributed by atoms with E-state index in [0.717, 1.165) is 51.4 Å². The van der Waals surface area contributed by atoms with Crippen molar-refractivity contribution in [1.29, 1.82) is 0 Å². The van der Waals surface area contributed by atoms with Gasteiger partial charge in [-0.15, -0.1) is 0 Å². The SMILES string of the molecule is CCCCC/C=C\C=C\C(=O)CCCCCCCC(=O)O[C@H](COC(=O)CCCCCCCCCCCCCCCCCCCCC)COP(=O)([O-])OCC[N+](C)(C)C. The molecular weight excluding hydrogens is 766 g/mol. The second-order valence-corrected chi connectivity index (χ2v) is 18.9. The van der Waals surface area contributed by atoms with Gasteiger partial charge in [0.05, 0.1) is 27.7 Å². The molecule has 0 amide bonds. The number of unbranched alkanes of at least 4 members (excludes halogenated alkanes) is 25. The molecule has 0 spiro atoms. The molecule has 1 unspecified atom stereocenters. The molecule has 0 aromatic heterocycles. The molecule has 0 radical (unpaired) electrons. The summed E-state index contributed by atoms with van der Waals surface area (Å²) in [6.07, 6.45) is 40.2. The van der Waals surface area contributed by atoms with E-state index < -0.39 is 32.5 Å². The lowest BCUT2D eigenvalue weighted by Crippen LogP contribution is -2.37. The molecule has 0 aliphatic heterocycles. The van der Waals surface area contributed by atoms with E-state index in [1.54, 1.807) is 6.08 Å². The Morgan fingerprint density at radius 3 is 1.49 bits per heavy atom. The van der Waals surface area contributed by atoms with Gasteiger partial charge in [0.15, 0.2) is 11.9 Å². The normalized spacial score (nSPS) is 13.6. The van der Waals surface area contributed by atoms with E-state index in [2.05, 4.69) is 19.9 Å². The van der Waals surface area contributed by atoms with Crippen molar-refractivity contribution in [3.8, 4) is 0 Å². The van der Waals surface area contributed by atoms with Gasteiger partial charge in [0.2, 0.25) is 0 Å². The van der Waals surface area contributed by atoms with Crippen molar-refractivity contribution in [2.75, 3.05) is 47.5 Å². The highest BCUT2D eigenvalue weighted by molar-refractivity contribution is 7.45. The summed E-state index contributed by atoms with van der Waals surface area (Å²) in [5, 5.41) is 0. The highest BCUT2D eigenvalue weighted by atomic mass is 31.2. The van der Waals surface area contributed by atoms with Crippen molar-refractivity contribution in [3.05, 3.63) is 24.3 Å². The van der Waals surface area contributed by atoms with Crippen LogP contribution in [0.2, 0.25) is 0 Å². The molecule has 0 saturated heterocycles. The molecule has 0 aromatic carbocycles. The minimum atomic E-state index is -4.65. The van der Waals surface area contributed by atoms with Crippen LogP contribution in [0.25, 0.3) is 0 Å². The maximum absolute atomic E-state index is 12.7. The van der Waals surface area contributed by atoms with Crippen molar-refractivity contribution in [3.63, 3.8) is 0 Å². The zero-order valence-corrected chi connectivity index (χ0v) is 39.6. The number of hydrogen-bond acceptors (Lipinski definition) is 9. The van der Waals surface area contributed by atoms with Gasteiger partial charge in [0.25, 0.3) is 7.82 Å². The Hall–Kier alpha value is -1.84. The second kappa shape index (κ2) is 40.2. The molecule has 0 aliphatic carbocycles. The first-order valence-corrected chi connectivity index (χ1v) is 25.5. The smallest absolute Gasteiger partial charge is 0.306 e. The zero-order chi connectivity index (χ0) is 43.7. The number of ketones is 1. The van der Waals surface area contributed by atoms with E-state index in [0.29, 0.717) is 23.9 Å². The number of likely N-dealkylation sites (N-methyl/N-ethyl adjacent to an activating group) is 1. The van der Waals surface area contributed by atoms with Crippen molar-refractivity contribution < 1.29 is 46.8 Å². The van der Waals surface area contributed by atoms with E-state index in [9.17, 15) is 23.8 Å². The van der Waals surface area contributed by atoms with Gasteiger partial charge < -0.3 is 27.9 Å². The summed E-state index contributed by atoms with van der Waals surface area (Å²) in [5.41, 5.74) is 0. The van der Waals surface area contributed by atoms with Crippen LogP contribution in [-0.4, -0.2) is 75.8 Å². The van der Waals surface area contributed by atoms with Gasteiger partial charge in [-0.2, -0.15) is 0 Å². The van der Waals surface area contributed by atoms with Crippen LogP contribution in [0.5, 0.6) is 0 Å². The fourth-order valence-corrected chi connectivity index (χ4v) is 7.37. The molecule has 0 fully saturated rings. The van der Waals surface area contributed by atoms with Crippen molar-refractivity contribution in [1.82, 2.24) is 0 Å². The maximum Gasteiger partial charge on any atom is 0.306 e. The molecule has 0 N–H and O–H groups in total. The minimum absolute atomic E-state index is 0.0510. The number of allylic oxidation sites excluding steroid dienone is 4. The molecule has 0 aliphatic rings. The van der Waals surface area contributed by atoms with Gasteiger partial charge in [-0.25, -0.2) is 0 Å². The Kier molecular flexibility index (Phi) is 39.0. The number of carbonyl (C=O) groups excluding carboxylic acids is 3. The molecule has 10 nitrogen and oxygen atoms in total. The lowest BCUT2D eigenvalue weighted by Gasteiger charge is -2.28. The zero-order valence-electron chi connectivity index (χ0n) is 38.7. The first kappa shape index (κ1) is 57.2. The molecule has 2 atom stereocenters. The lowest BCUT2D eigenvalue weighted by molar-refractivity contribution is -0.870. The molecule has 59 heavy (non-hydrogen) atoms. The Morgan fingerprint density at radius 1 is 0.559 bits per heavy atom. The van der Waals surface area contributed by atoms with Crippen LogP contribution in [0.3, 0.4) is 0 Å². The number of rotatable bonds is 44. The van der Waals surface area contributed by atoms with Crippen molar-refractivity contribution in [2.24, 2.45) is 0 Å². The Morgan fingerprint density at radius 2 is 1.00 bits per heavy atom. The first-order valence-electron chi connectivity index (χ1n) is 24.0. The third-order valence-electron chi connectivity index (χ3n) is 10.5. The van der Waals surface area contributed by atoms with E-state index in [1.807, 2.05) is 33.3 Å².